The summed E-state index contributed by atoms with van der Waals surface area (Å²) in [6.45, 7) is 9.22. The van der Waals surface area contributed by atoms with Crippen LogP contribution in [0.3, 0.4) is 0 Å². The summed E-state index contributed by atoms with van der Waals surface area (Å²) in [7, 11) is 0. The molecule has 0 radical (unpaired) electrons. The summed E-state index contributed by atoms with van der Waals surface area (Å²) in [5.74, 6) is -0.682. The minimum Gasteiger partial charge on any atom is -0.451 e. The Morgan fingerprint density at radius 2 is 1.67 bits per heavy atom. The van der Waals surface area contributed by atoms with Gasteiger partial charge < -0.3 is 45.7 Å². The Bertz CT molecular complexity index is 2780. The van der Waals surface area contributed by atoms with Crippen molar-refractivity contribution in [3.05, 3.63) is 112 Å². The number of unbranched alkanes of at least 4 members (excludes halogenated alkanes) is 2. The number of aliphatic hydroxyl groups is 1. The molecule has 5 aliphatic rings. The van der Waals surface area contributed by atoms with Gasteiger partial charge in [0.1, 0.15) is 17.5 Å². The second-order valence-corrected chi connectivity index (χ2v) is 19.0. The van der Waals surface area contributed by atoms with Crippen LogP contribution in [0.25, 0.3) is 5.57 Å². The number of aryl methyl sites for hydroxylation is 1. The maximum absolute atomic E-state index is 13.3. The number of piperidine rings is 1. The van der Waals surface area contributed by atoms with Crippen LogP contribution < -0.4 is 31.9 Å². The van der Waals surface area contributed by atoms with Crippen LogP contribution in [0.4, 0.5) is 11.4 Å². The van der Waals surface area contributed by atoms with Gasteiger partial charge in [0.2, 0.25) is 35.5 Å². The smallest absolute Gasteiger partial charge is 0.339 e. The molecule has 9 rings (SSSR count). The van der Waals surface area contributed by atoms with Crippen molar-refractivity contribution in [3.8, 4) is 0 Å². The molecular formula is C51H60N12O9. The van der Waals surface area contributed by atoms with E-state index >= 15 is 0 Å². The van der Waals surface area contributed by atoms with Gasteiger partial charge in [-0.2, -0.15) is 0 Å². The van der Waals surface area contributed by atoms with E-state index in [1.54, 1.807) is 30.3 Å². The summed E-state index contributed by atoms with van der Waals surface area (Å²) in [4.78, 5) is 86.0. The number of hydrogen-bond donors (Lipinski definition) is 7. The zero-order chi connectivity index (χ0) is 50.4. The average Bonchev–Trinajstić information content (AvgIpc) is 4.01. The maximum atomic E-state index is 13.3. The average molecular weight is 985 g/mol. The third-order valence-corrected chi connectivity index (χ3v) is 13.5. The second kappa shape index (κ2) is 21.9. The number of guanidine groups is 1. The normalized spacial score (nSPS) is 19.3. The van der Waals surface area contributed by atoms with E-state index < -0.39 is 41.3 Å². The molecule has 2 fully saturated rings. The standard InChI is InChI=1S/C51H60N12O9/c1-51(2)36-27-32(16-17-33(36)49(70)72-51)55-50-54-28-35(44(58-50)56-38(30-64)31-11-5-3-6-12-31)46-60-59-42(71-46)15-10-22-61-23-25-62(26-24-61)29-41(66)53-21-8-4-7-20-52-37-14-9-13-34-43(37)48(69)63(47(34)68)39-18-19-40(65)57-45(39)67/h3,5-6,9,11-14,16-17,27,38-39,52,56,64H,4,7-8,10,15,18-26,28-30H2,1-2H3,(H,53,66)(H2,54,55,58)(H,57,65,67)/t38-,39?/m1/s1. The van der Waals surface area contributed by atoms with Crippen molar-refractivity contribution in [1.29, 1.82) is 0 Å². The molecule has 4 aromatic rings. The van der Waals surface area contributed by atoms with Crippen LogP contribution in [0.2, 0.25) is 0 Å². The molecule has 2 atom stereocenters. The van der Waals surface area contributed by atoms with Crippen LogP contribution in [0.15, 0.2) is 82.0 Å². The van der Waals surface area contributed by atoms with Crippen molar-refractivity contribution in [3.63, 3.8) is 0 Å². The Hall–Kier alpha value is -7.49. The van der Waals surface area contributed by atoms with Crippen LogP contribution in [0.5, 0.6) is 0 Å². The Morgan fingerprint density at radius 1 is 0.875 bits per heavy atom. The van der Waals surface area contributed by atoms with Crippen LogP contribution in [0, 0.1) is 0 Å². The Morgan fingerprint density at radius 3 is 2.46 bits per heavy atom. The first-order valence-corrected chi connectivity index (χ1v) is 24.6. The number of carbonyl (C=O) groups excluding carboxylic acids is 6. The van der Waals surface area contributed by atoms with E-state index in [9.17, 15) is 33.9 Å². The summed E-state index contributed by atoms with van der Waals surface area (Å²) in [6.07, 6.45) is 3.93. The lowest BCUT2D eigenvalue weighted by Crippen LogP contribution is -2.54. The van der Waals surface area contributed by atoms with Crippen LogP contribution >= 0.6 is 0 Å². The van der Waals surface area contributed by atoms with Gasteiger partial charge in [-0.05, 0) is 88.4 Å². The maximum Gasteiger partial charge on any atom is 0.339 e. The fraction of sp³-hybridized carbons (Fsp3) is 0.431. The molecule has 0 spiro atoms. The van der Waals surface area contributed by atoms with E-state index in [-0.39, 0.29) is 49.0 Å². The number of aromatic nitrogens is 2. The molecule has 0 aliphatic carbocycles. The number of amides is 5. The summed E-state index contributed by atoms with van der Waals surface area (Å²) < 4.78 is 11.8. The van der Waals surface area contributed by atoms with Gasteiger partial charge in [0.25, 0.3) is 11.8 Å². The highest BCUT2D eigenvalue weighted by atomic mass is 16.6. The van der Waals surface area contributed by atoms with Gasteiger partial charge in [-0.3, -0.25) is 39.1 Å². The summed E-state index contributed by atoms with van der Waals surface area (Å²) >= 11 is 0. The van der Waals surface area contributed by atoms with Gasteiger partial charge >= 0.3 is 5.97 Å². The number of nitrogens with one attached hydrogen (secondary N) is 6. The largest absolute Gasteiger partial charge is 0.451 e. The van der Waals surface area contributed by atoms with Gasteiger partial charge in [-0.25, -0.2) is 9.79 Å². The number of esters is 1. The lowest BCUT2D eigenvalue weighted by molar-refractivity contribution is -0.136. The van der Waals surface area contributed by atoms with Gasteiger partial charge in [0.15, 0.2) is 0 Å². The van der Waals surface area contributed by atoms with Crippen LogP contribution in [0.1, 0.15) is 112 Å². The van der Waals surface area contributed by atoms with Gasteiger partial charge in [0.05, 0.1) is 48.0 Å². The highest BCUT2D eigenvalue weighted by Gasteiger charge is 2.46. The quantitative estimate of drug-likeness (QED) is 0.0381. The van der Waals surface area contributed by atoms with E-state index in [1.807, 2.05) is 50.2 Å². The molecule has 72 heavy (non-hydrogen) atoms. The van der Waals surface area contributed by atoms with Crippen molar-refractivity contribution >= 4 is 58.4 Å². The Balaban J connectivity index is 0.687. The molecule has 0 saturated carbocycles. The number of cyclic esters (lactones) is 1. The monoisotopic (exact) mass is 984 g/mol. The molecule has 5 aliphatic heterocycles. The highest BCUT2D eigenvalue weighted by molar-refractivity contribution is 6.25. The predicted molar refractivity (Wildman–Crippen MR) is 264 cm³/mol. The van der Waals surface area contributed by atoms with E-state index in [1.165, 1.54) is 0 Å². The molecule has 1 aromatic heterocycles. The predicted octanol–water partition coefficient (Wildman–Crippen LogP) is 2.89. The number of aliphatic imine (C=N–C) groups is 1. The lowest BCUT2D eigenvalue weighted by Gasteiger charge is -2.34. The lowest BCUT2D eigenvalue weighted by atomic mass is 9.95. The molecule has 5 amide bonds. The molecule has 378 valence electrons. The fourth-order valence-electron chi connectivity index (χ4n) is 9.61. The summed E-state index contributed by atoms with van der Waals surface area (Å²) in [5, 5.41) is 37.8. The fourth-order valence-corrected chi connectivity index (χ4v) is 9.61. The van der Waals surface area contributed by atoms with E-state index in [4.69, 9.17) is 14.1 Å². The van der Waals surface area contributed by atoms with Gasteiger partial charge in [-0.1, -0.05) is 36.4 Å². The van der Waals surface area contributed by atoms with Gasteiger partial charge in [-0.15, -0.1) is 10.2 Å². The third kappa shape index (κ3) is 11.2. The number of benzene rings is 3. The van der Waals surface area contributed by atoms with Crippen molar-refractivity contribution in [2.45, 2.75) is 76.5 Å². The van der Waals surface area contributed by atoms with E-state index in [0.717, 1.165) is 80.1 Å². The first kappa shape index (κ1) is 49.5. The number of fused-ring (bicyclic) bond motifs is 2. The highest BCUT2D eigenvalue weighted by Crippen LogP contribution is 2.37. The topological polar surface area (TPSA) is 265 Å². The molecule has 6 heterocycles. The van der Waals surface area contributed by atoms with Crippen molar-refractivity contribution < 1.29 is 43.0 Å². The van der Waals surface area contributed by atoms with Crippen molar-refractivity contribution in [1.82, 2.24) is 46.2 Å². The van der Waals surface area contributed by atoms with E-state index in [0.29, 0.717) is 66.4 Å². The number of ether oxygens (including phenoxy) is 1. The number of rotatable bonds is 20. The van der Waals surface area contributed by atoms with E-state index in [2.05, 4.69) is 51.9 Å². The molecular weight excluding hydrogens is 925 g/mol. The SMILES string of the molecule is CC1(C)OC(=O)c2ccc(NC3=NCC(c4nnc(CCCN5CCN(CC(=O)NCCCCCNc6cccc7c6C(=O)N(C6CCC(=O)NC6=O)C7=O)CC5)o4)=C(N[C@H](CO)c4ccccc4)N3)cc21. The number of nitrogens with zero attached hydrogens (tertiary/aromatic N) is 6. The third-order valence-electron chi connectivity index (χ3n) is 13.5. The summed E-state index contributed by atoms with van der Waals surface area (Å²) in [6, 6.07) is 18.6. The molecule has 21 nitrogen and oxygen atoms in total. The van der Waals surface area contributed by atoms with Crippen LogP contribution in [-0.4, -0.2) is 143 Å². The Kier molecular flexibility index (Phi) is 15.0. The van der Waals surface area contributed by atoms with Crippen molar-refractivity contribution in [2.24, 2.45) is 4.99 Å². The van der Waals surface area contributed by atoms with Gasteiger partial charge in [0, 0.05) is 69.0 Å². The van der Waals surface area contributed by atoms with Crippen LogP contribution in [-0.2, 0) is 31.1 Å². The molecule has 2 saturated heterocycles. The minimum atomic E-state index is -1.02. The number of hydrogen-bond acceptors (Lipinski definition) is 18. The summed E-state index contributed by atoms with van der Waals surface area (Å²) in [5.41, 5.74) is 3.80. The minimum absolute atomic E-state index is 0.0124. The number of anilines is 2. The first-order chi connectivity index (χ1) is 34.8. The Labute approximate surface area is 416 Å². The molecule has 3 aromatic carbocycles. The number of carbonyl (C=O) groups is 6. The van der Waals surface area contributed by atoms with Crippen molar-refractivity contribution in [2.75, 3.05) is 76.1 Å². The number of aliphatic hydroxyl groups excluding tert-OH is 1. The molecule has 1 unspecified atom stereocenters. The first-order valence-electron chi connectivity index (χ1n) is 24.6. The zero-order valence-electron chi connectivity index (χ0n) is 40.4. The zero-order valence-corrected chi connectivity index (χ0v) is 40.4. The number of piperazine rings is 1. The molecule has 7 N–H and O–H groups in total. The molecule has 0 bridgehead atoms. The molecule has 21 heteroatoms. The number of imide groups is 2. The second-order valence-electron chi connectivity index (χ2n) is 19.0.